The maximum Gasteiger partial charge on any atom is 0.187 e. The number of aromatic hydroxyl groups is 1. The van der Waals surface area contributed by atoms with Crippen LogP contribution in [0.3, 0.4) is 0 Å². The highest BCUT2D eigenvalue weighted by molar-refractivity contribution is 5.83. The number of imidazole rings is 1. The van der Waals surface area contributed by atoms with Crippen LogP contribution in [0.25, 0.3) is 28.2 Å². The van der Waals surface area contributed by atoms with Crippen LogP contribution in [0.5, 0.6) is 5.75 Å². The summed E-state index contributed by atoms with van der Waals surface area (Å²) in [5.74, 6) is -3.75. The van der Waals surface area contributed by atoms with Gasteiger partial charge in [0, 0.05) is 23.5 Å². The number of phenols is 1. The summed E-state index contributed by atoms with van der Waals surface area (Å²) in [5, 5.41) is 9.36. The fourth-order valence-corrected chi connectivity index (χ4v) is 2.83. The minimum Gasteiger partial charge on any atom is -0.503 e. The van der Waals surface area contributed by atoms with Gasteiger partial charge in [0.1, 0.15) is 5.82 Å². The number of fused-ring (bicyclic) bond motifs is 1. The second-order valence-electron chi connectivity index (χ2n) is 5.61. The number of halogens is 3. The Morgan fingerprint density at radius 3 is 2.42 bits per heavy atom. The zero-order valence-electron chi connectivity index (χ0n) is 13.1. The highest BCUT2D eigenvalue weighted by atomic mass is 19.1. The molecule has 2 aromatic carbocycles. The lowest BCUT2D eigenvalue weighted by molar-refractivity contribution is 0.396. The largest absolute Gasteiger partial charge is 0.503 e. The molecule has 0 saturated carbocycles. The summed E-state index contributed by atoms with van der Waals surface area (Å²) in [4.78, 5) is 8.35. The number of phenolic OH excluding ortho intramolecular Hbond substituents is 1. The SMILES string of the molecule is Nc1nc(-c2cccc(F)c2)c(-c2cc(F)c(O)c(F)c2)n2ccnc12. The second-order valence-corrected chi connectivity index (χ2v) is 5.61. The molecule has 0 bridgehead atoms. The molecule has 4 rings (SSSR count). The van der Waals surface area contributed by atoms with E-state index in [0.717, 1.165) is 12.1 Å². The number of hydrogen-bond donors (Lipinski definition) is 2. The normalized spacial score (nSPS) is 11.2. The quantitative estimate of drug-likeness (QED) is 0.573. The highest BCUT2D eigenvalue weighted by Crippen LogP contribution is 2.35. The first kappa shape index (κ1) is 15.9. The molecule has 0 aliphatic heterocycles. The molecule has 0 fully saturated rings. The highest BCUT2D eigenvalue weighted by Gasteiger charge is 2.20. The van der Waals surface area contributed by atoms with E-state index in [1.165, 1.54) is 28.8 Å². The van der Waals surface area contributed by atoms with Crippen molar-refractivity contribution in [2.24, 2.45) is 0 Å². The summed E-state index contributed by atoms with van der Waals surface area (Å²) in [6, 6.07) is 7.53. The van der Waals surface area contributed by atoms with Crippen LogP contribution in [0, 0.1) is 17.5 Å². The van der Waals surface area contributed by atoms with Gasteiger partial charge < -0.3 is 10.8 Å². The van der Waals surface area contributed by atoms with Gasteiger partial charge in [0.25, 0.3) is 0 Å². The Balaban J connectivity index is 2.12. The number of rotatable bonds is 2. The van der Waals surface area contributed by atoms with Crippen LogP contribution in [0.15, 0.2) is 48.8 Å². The summed E-state index contributed by atoms with van der Waals surface area (Å²) < 4.78 is 43.0. The van der Waals surface area contributed by atoms with Gasteiger partial charge in [-0.3, -0.25) is 4.40 Å². The molecule has 0 aliphatic carbocycles. The van der Waals surface area contributed by atoms with E-state index in [9.17, 15) is 18.3 Å². The van der Waals surface area contributed by atoms with Crippen LogP contribution in [0.4, 0.5) is 19.0 Å². The third kappa shape index (κ3) is 2.43. The van der Waals surface area contributed by atoms with Crippen molar-refractivity contribution in [1.82, 2.24) is 14.4 Å². The Labute approximate surface area is 145 Å². The second kappa shape index (κ2) is 5.76. The van der Waals surface area contributed by atoms with Gasteiger partial charge in [-0.05, 0) is 24.3 Å². The third-order valence-corrected chi connectivity index (χ3v) is 3.96. The van der Waals surface area contributed by atoms with E-state index in [4.69, 9.17) is 5.73 Å². The summed E-state index contributed by atoms with van der Waals surface area (Å²) in [6.07, 6.45) is 3.01. The number of anilines is 1. The van der Waals surface area contributed by atoms with E-state index in [0.29, 0.717) is 5.56 Å². The Kier molecular flexibility index (Phi) is 3.54. The van der Waals surface area contributed by atoms with Gasteiger partial charge in [-0.25, -0.2) is 23.1 Å². The van der Waals surface area contributed by atoms with Gasteiger partial charge in [-0.1, -0.05) is 12.1 Å². The van der Waals surface area contributed by atoms with Gasteiger partial charge >= 0.3 is 0 Å². The van der Waals surface area contributed by atoms with E-state index in [-0.39, 0.29) is 28.4 Å². The van der Waals surface area contributed by atoms with Gasteiger partial charge in [-0.2, -0.15) is 0 Å². The van der Waals surface area contributed by atoms with Crippen LogP contribution in [0.1, 0.15) is 0 Å². The van der Waals surface area contributed by atoms with Crippen LogP contribution in [0.2, 0.25) is 0 Å². The summed E-state index contributed by atoms with van der Waals surface area (Å²) >= 11 is 0. The van der Waals surface area contributed by atoms with Crippen LogP contribution in [-0.2, 0) is 0 Å². The molecule has 0 saturated heterocycles. The third-order valence-electron chi connectivity index (χ3n) is 3.96. The molecule has 26 heavy (non-hydrogen) atoms. The monoisotopic (exact) mass is 356 g/mol. The molecule has 0 aliphatic rings. The lowest BCUT2D eigenvalue weighted by atomic mass is 10.0. The first-order valence-corrected chi connectivity index (χ1v) is 7.52. The predicted molar refractivity (Wildman–Crippen MR) is 89.8 cm³/mol. The summed E-state index contributed by atoms with van der Waals surface area (Å²) in [7, 11) is 0. The number of nitrogen functional groups attached to an aromatic ring is 1. The van der Waals surface area contributed by atoms with E-state index < -0.39 is 23.2 Å². The minimum absolute atomic E-state index is 0.0812. The molecule has 0 spiro atoms. The lowest BCUT2D eigenvalue weighted by Crippen LogP contribution is -2.04. The van der Waals surface area contributed by atoms with Gasteiger partial charge in [0.05, 0.1) is 11.4 Å². The summed E-state index contributed by atoms with van der Waals surface area (Å²) in [5.41, 5.74) is 7.16. The van der Waals surface area contributed by atoms with Crippen molar-refractivity contribution in [2.75, 3.05) is 5.73 Å². The maximum atomic E-state index is 13.9. The van der Waals surface area contributed by atoms with Gasteiger partial charge in [0.2, 0.25) is 0 Å². The first-order chi connectivity index (χ1) is 12.5. The van der Waals surface area contributed by atoms with E-state index in [1.54, 1.807) is 12.3 Å². The van der Waals surface area contributed by atoms with Gasteiger partial charge in [0.15, 0.2) is 28.8 Å². The van der Waals surface area contributed by atoms with Crippen LogP contribution in [-0.4, -0.2) is 19.5 Å². The molecule has 2 aromatic heterocycles. The lowest BCUT2D eigenvalue weighted by Gasteiger charge is -2.14. The molecule has 0 atom stereocenters. The number of aromatic nitrogens is 3. The minimum atomic E-state index is -1.13. The van der Waals surface area contributed by atoms with Crippen molar-refractivity contribution in [1.29, 1.82) is 0 Å². The van der Waals surface area contributed by atoms with Crippen molar-refractivity contribution in [3.8, 4) is 28.3 Å². The standard InChI is InChI=1S/C18H11F3N4O/c19-11-3-1-2-9(6-11)14-15(10-7-12(20)16(26)13(21)8-10)25-5-4-23-18(25)17(22)24-14/h1-8,26H,(H2,22,24). The molecule has 8 heteroatoms. The number of nitrogens with zero attached hydrogens (tertiary/aromatic N) is 3. The van der Waals surface area contributed by atoms with Crippen molar-refractivity contribution < 1.29 is 18.3 Å². The molecule has 0 amide bonds. The average molecular weight is 356 g/mol. The smallest absolute Gasteiger partial charge is 0.187 e. The molecule has 0 unspecified atom stereocenters. The van der Waals surface area contributed by atoms with Gasteiger partial charge in [-0.15, -0.1) is 0 Å². The topological polar surface area (TPSA) is 76.4 Å². The van der Waals surface area contributed by atoms with E-state index in [1.807, 2.05) is 0 Å². The zero-order chi connectivity index (χ0) is 18.4. The van der Waals surface area contributed by atoms with E-state index in [2.05, 4.69) is 9.97 Å². The van der Waals surface area contributed by atoms with Crippen molar-refractivity contribution in [3.63, 3.8) is 0 Å². The fourth-order valence-electron chi connectivity index (χ4n) is 2.83. The van der Waals surface area contributed by atoms with Crippen molar-refractivity contribution in [3.05, 3.63) is 66.2 Å². The first-order valence-electron chi connectivity index (χ1n) is 7.52. The predicted octanol–water partition coefficient (Wildman–Crippen LogP) is 3.77. The Bertz CT molecular complexity index is 1130. The van der Waals surface area contributed by atoms with E-state index >= 15 is 0 Å². The maximum absolute atomic E-state index is 13.9. The summed E-state index contributed by atoms with van der Waals surface area (Å²) in [6.45, 7) is 0. The Hall–Kier alpha value is -3.55. The number of hydrogen-bond acceptors (Lipinski definition) is 4. The average Bonchev–Trinajstić information content (AvgIpc) is 3.09. The van der Waals surface area contributed by atoms with Crippen molar-refractivity contribution in [2.45, 2.75) is 0 Å². The fraction of sp³-hybridized carbons (Fsp3) is 0. The molecular weight excluding hydrogens is 345 g/mol. The Morgan fingerprint density at radius 2 is 1.73 bits per heavy atom. The van der Waals surface area contributed by atoms with Crippen LogP contribution >= 0.6 is 0 Å². The number of benzene rings is 2. The Morgan fingerprint density at radius 1 is 1.00 bits per heavy atom. The molecule has 4 aromatic rings. The molecular formula is C18H11F3N4O. The number of nitrogens with two attached hydrogens (primary N) is 1. The molecule has 130 valence electrons. The zero-order valence-corrected chi connectivity index (χ0v) is 13.1. The molecule has 5 nitrogen and oxygen atoms in total. The molecule has 0 radical (unpaired) electrons. The van der Waals surface area contributed by atoms with Crippen molar-refractivity contribution >= 4 is 11.5 Å². The van der Waals surface area contributed by atoms with Crippen LogP contribution < -0.4 is 5.73 Å². The molecule has 2 heterocycles. The molecule has 3 N–H and O–H groups in total.